The molecule has 8 heteroatoms. The van der Waals surface area contributed by atoms with Gasteiger partial charge in [0.15, 0.2) is 0 Å². The summed E-state index contributed by atoms with van der Waals surface area (Å²) in [6.07, 6.45) is 5.77. The minimum atomic E-state index is -2.57. The first-order valence-corrected chi connectivity index (χ1v) is 12.0. The molecule has 5 rings (SSSR count). The summed E-state index contributed by atoms with van der Waals surface area (Å²) in [5, 5.41) is 0. The third kappa shape index (κ3) is 4.86. The molecule has 3 aliphatic heterocycles. The van der Waals surface area contributed by atoms with E-state index in [1.54, 1.807) is 4.90 Å². The Morgan fingerprint density at radius 3 is 2.38 bits per heavy atom. The number of amides is 1. The van der Waals surface area contributed by atoms with Gasteiger partial charge < -0.3 is 19.3 Å². The topological polar surface area (TPSA) is 45.3 Å². The van der Waals surface area contributed by atoms with Crippen molar-refractivity contribution in [2.75, 3.05) is 44.2 Å². The Bertz CT molecular complexity index is 784. The van der Waals surface area contributed by atoms with Crippen molar-refractivity contribution >= 4 is 11.8 Å². The molecule has 1 atom stereocenters. The lowest BCUT2D eigenvalue weighted by Gasteiger charge is -2.44. The molecule has 3 saturated heterocycles. The van der Waals surface area contributed by atoms with Gasteiger partial charge in [0.1, 0.15) is 18.5 Å². The molecule has 6 nitrogen and oxygen atoms in total. The van der Waals surface area contributed by atoms with Crippen LogP contribution in [0.3, 0.4) is 0 Å². The Balaban J connectivity index is 1.14. The van der Waals surface area contributed by atoms with Crippen LogP contribution in [-0.4, -0.2) is 79.3 Å². The molecular formula is C24H33F2N3O3. The van der Waals surface area contributed by atoms with E-state index < -0.39 is 5.92 Å². The largest absolute Gasteiger partial charge is 0.490 e. The van der Waals surface area contributed by atoms with E-state index in [9.17, 15) is 13.6 Å². The number of ether oxygens (including phenoxy) is 2. The fourth-order valence-corrected chi connectivity index (χ4v) is 5.37. The molecule has 1 saturated carbocycles. The molecule has 1 aromatic rings. The van der Waals surface area contributed by atoms with E-state index in [1.807, 2.05) is 29.2 Å². The van der Waals surface area contributed by atoms with E-state index in [2.05, 4.69) is 4.90 Å². The number of likely N-dealkylation sites (tertiary alicyclic amines) is 2. The molecule has 0 spiro atoms. The molecule has 0 N–H and O–H groups in total. The molecule has 1 aliphatic carbocycles. The number of carbonyl (C=O) groups excluding carboxylic acids is 1. The Hall–Kier alpha value is -1.93. The first-order chi connectivity index (χ1) is 15.5. The van der Waals surface area contributed by atoms with Gasteiger partial charge in [-0.05, 0) is 50.2 Å². The minimum absolute atomic E-state index is 0.125. The van der Waals surface area contributed by atoms with E-state index in [-0.39, 0.29) is 37.7 Å². The van der Waals surface area contributed by atoms with E-state index in [4.69, 9.17) is 9.47 Å². The van der Waals surface area contributed by atoms with Crippen LogP contribution in [0.2, 0.25) is 0 Å². The number of nitrogens with zero attached hydrogens (tertiary/aromatic N) is 3. The van der Waals surface area contributed by atoms with Crippen molar-refractivity contribution in [1.82, 2.24) is 9.80 Å². The second-order valence-corrected chi connectivity index (χ2v) is 9.71. The Kier molecular flexibility index (Phi) is 6.25. The lowest BCUT2D eigenvalue weighted by Crippen LogP contribution is -2.50. The highest BCUT2D eigenvalue weighted by Crippen LogP contribution is 2.33. The Labute approximate surface area is 188 Å². The third-order valence-corrected chi connectivity index (χ3v) is 7.41. The van der Waals surface area contributed by atoms with Gasteiger partial charge in [-0.15, -0.1) is 0 Å². The molecule has 0 radical (unpaired) electrons. The summed E-state index contributed by atoms with van der Waals surface area (Å²) in [6.45, 7) is 3.96. The second-order valence-electron chi connectivity index (χ2n) is 9.71. The lowest BCUT2D eigenvalue weighted by atomic mass is 9.86. The summed E-state index contributed by atoms with van der Waals surface area (Å²) in [6, 6.07) is 8.09. The molecule has 0 aromatic heterocycles. The molecule has 32 heavy (non-hydrogen) atoms. The number of carbonyl (C=O) groups is 1. The number of halogens is 2. The normalized spacial score (nSPS) is 31.2. The predicted molar refractivity (Wildman–Crippen MR) is 118 cm³/mol. The summed E-state index contributed by atoms with van der Waals surface area (Å²) in [4.78, 5) is 18.6. The summed E-state index contributed by atoms with van der Waals surface area (Å²) in [7, 11) is 0. The molecule has 176 valence electrons. The van der Waals surface area contributed by atoms with Gasteiger partial charge in [0.05, 0.1) is 6.04 Å². The smallest absolute Gasteiger partial charge is 0.414 e. The van der Waals surface area contributed by atoms with Crippen molar-refractivity contribution in [3.63, 3.8) is 0 Å². The number of benzene rings is 1. The molecule has 0 unspecified atom stereocenters. The molecule has 4 aliphatic rings. The highest BCUT2D eigenvalue weighted by atomic mass is 19.3. The van der Waals surface area contributed by atoms with Gasteiger partial charge in [-0.1, -0.05) is 6.42 Å². The Morgan fingerprint density at radius 1 is 1.00 bits per heavy atom. The Morgan fingerprint density at radius 2 is 1.69 bits per heavy atom. The fraction of sp³-hybridized carbons (Fsp3) is 0.708. The molecule has 1 aromatic carbocycles. The zero-order valence-corrected chi connectivity index (χ0v) is 18.6. The van der Waals surface area contributed by atoms with Crippen LogP contribution < -0.4 is 9.64 Å². The molecule has 1 amide bonds. The van der Waals surface area contributed by atoms with E-state index >= 15 is 0 Å². The average molecular weight is 450 g/mol. The number of cyclic esters (lactones) is 1. The van der Waals surface area contributed by atoms with Crippen LogP contribution in [0, 0.1) is 0 Å². The zero-order valence-electron chi connectivity index (χ0n) is 18.6. The number of hydrogen-bond donors (Lipinski definition) is 0. The fourth-order valence-electron chi connectivity index (χ4n) is 5.37. The number of anilines is 1. The second kappa shape index (κ2) is 9.14. The van der Waals surface area contributed by atoms with Crippen molar-refractivity contribution in [1.29, 1.82) is 0 Å². The SMILES string of the molecule is O=C1OC[C@@H](CN2CCC(F)(F)CC2)N1c1ccc(O[C@H]2C[C@H](N3CCCCC3)C2)cc1. The molecular weight excluding hydrogens is 416 g/mol. The van der Waals surface area contributed by atoms with Crippen molar-refractivity contribution in [2.24, 2.45) is 0 Å². The third-order valence-electron chi connectivity index (χ3n) is 7.41. The van der Waals surface area contributed by atoms with E-state index in [0.717, 1.165) is 24.3 Å². The van der Waals surface area contributed by atoms with Gasteiger partial charge in [-0.2, -0.15) is 0 Å². The van der Waals surface area contributed by atoms with Gasteiger partial charge in [-0.3, -0.25) is 4.90 Å². The average Bonchev–Trinajstić information content (AvgIpc) is 3.13. The van der Waals surface area contributed by atoms with Crippen LogP contribution in [-0.2, 0) is 4.74 Å². The summed E-state index contributed by atoms with van der Waals surface area (Å²) in [5.74, 6) is -1.75. The van der Waals surface area contributed by atoms with Crippen molar-refractivity contribution < 1.29 is 23.0 Å². The number of hydrogen-bond acceptors (Lipinski definition) is 5. The molecule has 3 heterocycles. The van der Waals surface area contributed by atoms with Crippen molar-refractivity contribution in [2.45, 2.75) is 69.1 Å². The van der Waals surface area contributed by atoms with Crippen molar-refractivity contribution in [3.05, 3.63) is 24.3 Å². The first-order valence-electron chi connectivity index (χ1n) is 12.0. The predicted octanol–water partition coefficient (Wildman–Crippen LogP) is 4.14. The van der Waals surface area contributed by atoms with E-state index in [0.29, 0.717) is 25.7 Å². The van der Waals surface area contributed by atoms with Crippen LogP contribution in [0.4, 0.5) is 19.3 Å². The summed E-state index contributed by atoms with van der Waals surface area (Å²) in [5.41, 5.74) is 0.756. The van der Waals surface area contributed by atoms with Crippen molar-refractivity contribution in [3.8, 4) is 5.75 Å². The maximum absolute atomic E-state index is 13.4. The molecule has 0 bridgehead atoms. The number of piperidine rings is 2. The minimum Gasteiger partial charge on any atom is -0.490 e. The van der Waals surface area contributed by atoms with Gasteiger partial charge >= 0.3 is 6.09 Å². The quantitative estimate of drug-likeness (QED) is 0.653. The van der Waals surface area contributed by atoms with Crippen LogP contribution in [0.5, 0.6) is 5.75 Å². The van der Waals surface area contributed by atoms with Gasteiger partial charge in [0.2, 0.25) is 0 Å². The summed E-state index contributed by atoms with van der Waals surface area (Å²) >= 11 is 0. The van der Waals surface area contributed by atoms with Gasteiger partial charge in [0, 0.05) is 57.0 Å². The van der Waals surface area contributed by atoms with Crippen LogP contribution in [0.1, 0.15) is 44.9 Å². The first kappa shape index (κ1) is 21.9. The van der Waals surface area contributed by atoms with Gasteiger partial charge in [0.25, 0.3) is 5.92 Å². The van der Waals surface area contributed by atoms with Crippen LogP contribution in [0.15, 0.2) is 24.3 Å². The van der Waals surface area contributed by atoms with Crippen LogP contribution >= 0.6 is 0 Å². The van der Waals surface area contributed by atoms with Gasteiger partial charge in [-0.25, -0.2) is 13.6 Å². The lowest BCUT2D eigenvalue weighted by molar-refractivity contribution is -0.0558. The maximum atomic E-state index is 13.4. The number of alkyl halides is 2. The molecule has 4 fully saturated rings. The van der Waals surface area contributed by atoms with Crippen LogP contribution in [0.25, 0.3) is 0 Å². The van der Waals surface area contributed by atoms with E-state index in [1.165, 1.54) is 32.4 Å². The monoisotopic (exact) mass is 449 g/mol. The highest BCUT2D eigenvalue weighted by Gasteiger charge is 2.39. The summed E-state index contributed by atoms with van der Waals surface area (Å²) < 4.78 is 38.3. The maximum Gasteiger partial charge on any atom is 0.414 e. The highest BCUT2D eigenvalue weighted by molar-refractivity contribution is 5.90. The number of rotatable bonds is 6. The zero-order chi connectivity index (χ0) is 22.1. The standard InChI is InChI=1S/C24H33F2N3O3/c25-24(26)8-12-27(13-9-24)16-20-17-31-23(30)29(20)18-4-6-21(7-5-18)32-22-14-19(15-22)28-10-2-1-3-11-28/h4-7,19-20,22H,1-3,8-17H2/t19-,20-,22-/m1/s1.